The first-order valence-electron chi connectivity index (χ1n) is 6.76. The van der Waals surface area contributed by atoms with E-state index in [0.717, 1.165) is 16.2 Å². The Bertz CT molecular complexity index is 583. The van der Waals surface area contributed by atoms with Crippen LogP contribution in [0.25, 0.3) is 0 Å². The molecule has 1 unspecified atom stereocenters. The second-order valence-corrected chi connectivity index (χ2v) is 5.89. The second-order valence-electron chi connectivity index (χ2n) is 4.88. The Morgan fingerprint density at radius 1 is 1.15 bits per heavy atom. The van der Waals surface area contributed by atoms with Gasteiger partial charge in [-0.15, -0.1) is 11.8 Å². The van der Waals surface area contributed by atoms with Crippen molar-refractivity contribution in [3.8, 4) is 0 Å². The van der Waals surface area contributed by atoms with Crippen molar-refractivity contribution in [2.45, 2.75) is 30.5 Å². The highest BCUT2D eigenvalue weighted by Gasteiger charge is 2.14. The number of aryl methyl sites for hydroxylation is 1. The van der Waals surface area contributed by atoms with Crippen LogP contribution in [0.15, 0.2) is 47.4 Å². The Balaban J connectivity index is 2.22. The minimum absolute atomic E-state index is 0.00979. The number of rotatable bonds is 5. The summed E-state index contributed by atoms with van der Waals surface area (Å²) >= 11 is 1.69. The van der Waals surface area contributed by atoms with Crippen LogP contribution in [0.5, 0.6) is 0 Å². The van der Waals surface area contributed by atoms with E-state index in [2.05, 4.69) is 24.4 Å². The zero-order chi connectivity index (χ0) is 14.5. The van der Waals surface area contributed by atoms with Gasteiger partial charge in [0.1, 0.15) is 5.82 Å². The van der Waals surface area contributed by atoms with Crippen molar-refractivity contribution >= 4 is 11.8 Å². The number of nitrogens with one attached hydrogen (secondary N) is 1. The maximum absolute atomic E-state index is 14.0. The van der Waals surface area contributed by atoms with Crippen LogP contribution in [-0.4, -0.2) is 7.05 Å². The monoisotopic (exact) mass is 289 g/mol. The minimum Gasteiger partial charge on any atom is -0.313 e. The molecule has 0 fully saturated rings. The molecule has 2 aromatic carbocycles. The smallest absolute Gasteiger partial charge is 0.129 e. The van der Waals surface area contributed by atoms with Gasteiger partial charge in [0, 0.05) is 22.3 Å². The van der Waals surface area contributed by atoms with Crippen molar-refractivity contribution < 1.29 is 4.39 Å². The Morgan fingerprint density at radius 2 is 1.90 bits per heavy atom. The van der Waals surface area contributed by atoms with Crippen LogP contribution in [0.2, 0.25) is 0 Å². The van der Waals surface area contributed by atoms with E-state index in [1.54, 1.807) is 17.8 Å². The molecule has 2 aromatic rings. The molecule has 0 aromatic heterocycles. The molecule has 20 heavy (non-hydrogen) atoms. The zero-order valence-electron chi connectivity index (χ0n) is 12.1. The molecule has 0 saturated heterocycles. The quantitative estimate of drug-likeness (QED) is 0.800. The molecule has 0 radical (unpaired) electrons. The number of hydrogen-bond donors (Lipinski definition) is 1. The summed E-state index contributed by atoms with van der Waals surface area (Å²) in [6.07, 6.45) is 0. The molecule has 0 aliphatic heterocycles. The topological polar surface area (TPSA) is 12.0 Å². The fraction of sp³-hybridized carbons (Fsp3) is 0.294. The van der Waals surface area contributed by atoms with Gasteiger partial charge in [-0.05, 0) is 44.2 Å². The Morgan fingerprint density at radius 3 is 2.60 bits per heavy atom. The van der Waals surface area contributed by atoms with E-state index in [9.17, 15) is 4.39 Å². The lowest BCUT2D eigenvalue weighted by Crippen LogP contribution is -2.15. The van der Waals surface area contributed by atoms with E-state index >= 15 is 0 Å². The van der Waals surface area contributed by atoms with E-state index in [0.29, 0.717) is 0 Å². The predicted octanol–water partition coefficient (Wildman–Crippen LogP) is 4.71. The second kappa shape index (κ2) is 6.91. The van der Waals surface area contributed by atoms with Crippen LogP contribution in [0, 0.1) is 12.7 Å². The number of thioether (sulfide) groups is 1. The average Bonchev–Trinajstić information content (AvgIpc) is 2.46. The SMILES string of the molecule is CNC(C)c1c(F)cccc1SCc1ccccc1C. The van der Waals surface area contributed by atoms with Crippen LogP contribution in [0.4, 0.5) is 4.39 Å². The summed E-state index contributed by atoms with van der Waals surface area (Å²) in [5.41, 5.74) is 3.33. The molecule has 0 saturated carbocycles. The van der Waals surface area contributed by atoms with E-state index in [1.165, 1.54) is 17.2 Å². The van der Waals surface area contributed by atoms with E-state index in [4.69, 9.17) is 0 Å². The minimum atomic E-state index is -0.137. The number of halogens is 1. The molecule has 106 valence electrons. The first kappa shape index (κ1) is 15.1. The Hall–Kier alpha value is -1.32. The van der Waals surface area contributed by atoms with E-state index in [-0.39, 0.29) is 11.9 Å². The van der Waals surface area contributed by atoms with Crippen molar-refractivity contribution in [3.05, 3.63) is 65.0 Å². The molecule has 0 aliphatic carbocycles. The molecule has 0 amide bonds. The van der Waals surface area contributed by atoms with Gasteiger partial charge < -0.3 is 5.32 Å². The third kappa shape index (κ3) is 3.41. The first-order valence-corrected chi connectivity index (χ1v) is 7.75. The molecule has 1 N–H and O–H groups in total. The van der Waals surface area contributed by atoms with Crippen LogP contribution < -0.4 is 5.32 Å². The maximum atomic E-state index is 14.0. The van der Waals surface area contributed by atoms with Crippen molar-refractivity contribution in [2.75, 3.05) is 7.05 Å². The lowest BCUT2D eigenvalue weighted by Gasteiger charge is -2.16. The van der Waals surface area contributed by atoms with Crippen LogP contribution in [0.3, 0.4) is 0 Å². The van der Waals surface area contributed by atoms with Gasteiger partial charge in [0.25, 0.3) is 0 Å². The molecule has 3 heteroatoms. The number of benzene rings is 2. The molecule has 0 spiro atoms. The molecule has 1 nitrogen and oxygen atoms in total. The van der Waals surface area contributed by atoms with Gasteiger partial charge in [0.15, 0.2) is 0 Å². The summed E-state index contributed by atoms with van der Waals surface area (Å²) in [5.74, 6) is 0.723. The summed E-state index contributed by atoms with van der Waals surface area (Å²) < 4.78 is 14.0. The highest BCUT2D eigenvalue weighted by Crippen LogP contribution is 2.32. The third-order valence-corrected chi connectivity index (χ3v) is 4.65. The van der Waals surface area contributed by atoms with Gasteiger partial charge >= 0.3 is 0 Å². The summed E-state index contributed by atoms with van der Waals surface area (Å²) in [5, 5.41) is 3.12. The van der Waals surface area contributed by atoms with Gasteiger partial charge in [-0.1, -0.05) is 30.3 Å². The van der Waals surface area contributed by atoms with E-state index < -0.39 is 0 Å². The lowest BCUT2D eigenvalue weighted by atomic mass is 10.1. The van der Waals surface area contributed by atoms with Gasteiger partial charge in [0.05, 0.1) is 0 Å². The Kier molecular flexibility index (Phi) is 5.21. The average molecular weight is 289 g/mol. The lowest BCUT2D eigenvalue weighted by molar-refractivity contribution is 0.552. The molecular weight excluding hydrogens is 269 g/mol. The van der Waals surface area contributed by atoms with Crippen LogP contribution in [0.1, 0.15) is 29.7 Å². The van der Waals surface area contributed by atoms with Crippen LogP contribution >= 0.6 is 11.8 Å². The first-order chi connectivity index (χ1) is 9.63. The zero-order valence-corrected chi connectivity index (χ0v) is 12.9. The van der Waals surface area contributed by atoms with Gasteiger partial charge in [-0.2, -0.15) is 0 Å². The molecule has 0 heterocycles. The molecule has 1 atom stereocenters. The highest BCUT2D eigenvalue weighted by atomic mass is 32.2. The fourth-order valence-corrected chi connectivity index (χ4v) is 3.37. The molecular formula is C17H20FNS. The normalized spacial score (nSPS) is 12.4. The third-order valence-electron chi connectivity index (χ3n) is 3.52. The standard InChI is InChI=1S/C17H20FNS/c1-12-7-4-5-8-14(12)11-20-16-10-6-9-15(18)17(16)13(2)19-3/h4-10,13,19H,11H2,1-3H3. The van der Waals surface area contributed by atoms with Gasteiger partial charge in [-0.25, -0.2) is 4.39 Å². The van der Waals surface area contributed by atoms with Gasteiger partial charge in [-0.3, -0.25) is 0 Å². The van der Waals surface area contributed by atoms with Crippen molar-refractivity contribution in [1.82, 2.24) is 5.32 Å². The summed E-state index contributed by atoms with van der Waals surface area (Å²) in [6, 6.07) is 13.6. The summed E-state index contributed by atoms with van der Waals surface area (Å²) in [6.45, 7) is 4.09. The van der Waals surface area contributed by atoms with Crippen LogP contribution in [-0.2, 0) is 5.75 Å². The maximum Gasteiger partial charge on any atom is 0.129 e. The fourth-order valence-electron chi connectivity index (χ4n) is 2.14. The van der Waals surface area contributed by atoms with Crippen molar-refractivity contribution in [1.29, 1.82) is 0 Å². The van der Waals surface area contributed by atoms with E-state index in [1.807, 2.05) is 32.2 Å². The number of hydrogen-bond acceptors (Lipinski definition) is 2. The molecule has 0 bridgehead atoms. The van der Waals surface area contributed by atoms with Crippen molar-refractivity contribution in [2.24, 2.45) is 0 Å². The summed E-state index contributed by atoms with van der Waals surface area (Å²) in [4.78, 5) is 1.01. The predicted molar refractivity (Wildman–Crippen MR) is 84.6 cm³/mol. The van der Waals surface area contributed by atoms with Gasteiger partial charge in [0.2, 0.25) is 0 Å². The molecule has 0 aliphatic rings. The largest absolute Gasteiger partial charge is 0.313 e. The summed E-state index contributed by atoms with van der Waals surface area (Å²) in [7, 11) is 1.85. The Labute approximate surface area is 124 Å². The highest BCUT2D eigenvalue weighted by molar-refractivity contribution is 7.98. The van der Waals surface area contributed by atoms with Crippen molar-refractivity contribution in [3.63, 3.8) is 0 Å². The molecule has 2 rings (SSSR count).